The maximum Gasteiger partial charge on any atom is 0.239 e. The summed E-state index contributed by atoms with van der Waals surface area (Å²) in [4.78, 5) is 15.4. The fraction of sp³-hybridized carbons (Fsp3) is 0.435. The van der Waals surface area contributed by atoms with E-state index in [1.54, 1.807) is 0 Å². The lowest BCUT2D eigenvalue weighted by molar-refractivity contribution is -0.123. The first kappa shape index (κ1) is 20.0. The highest BCUT2D eigenvalue weighted by atomic mass is 16.5. The Morgan fingerprint density at radius 3 is 2.55 bits per heavy atom. The third-order valence-corrected chi connectivity index (χ3v) is 5.76. The highest BCUT2D eigenvalue weighted by molar-refractivity contribution is 5.82. The molecule has 6 nitrogen and oxygen atoms in total. The molecule has 0 saturated carbocycles. The molecule has 2 aromatic carbocycles. The molecule has 0 spiro atoms. The third kappa shape index (κ3) is 5.22. The summed E-state index contributed by atoms with van der Waals surface area (Å²) in [5, 5.41) is 3.29. The van der Waals surface area contributed by atoms with Crippen LogP contribution >= 0.6 is 0 Å². The number of ether oxygens (including phenoxy) is 1. The Morgan fingerprint density at radius 2 is 1.83 bits per heavy atom. The number of hydrogen-bond acceptors (Lipinski definition) is 5. The van der Waals surface area contributed by atoms with Crippen LogP contribution < -0.4 is 16.2 Å². The monoisotopic (exact) mass is 394 g/mol. The lowest BCUT2D eigenvalue weighted by Crippen LogP contribution is -2.48. The fourth-order valence-corrected chi connectivity index (χ4v) is 3.98. The van der Waals surface area contributed by atoms with Crippen molar-refractivity contribution < 1.29 is 9.53 Å². The lowest BCUT2D eigenvalue weighted by atomic mass is 10.0. The van der Waals surface area contributed by atoms with Gasteiger partial charge in [-0.2, -0.15) is 0 Å². The van der Waals surface area contributed by atoms with Gasteiger partial charge in [-0.1, -0.05) is 60.2 Å². The Bertz CT molecular complexity index is 790. The Kier molecular flexibility index (Phi) is 6.56. The number of hydrazine groups is 1. The second kappa shape index (κ2) is 9.50. The van der Waals surface area contributed by atoms with Crippen LogP contribution in [0.2, 0.25) is 0 Å². The van der Waals surface area contributed by atoms with E-state index in [0.29, 0.717) is 0 Å². The zero-order valence-corrected chi connectivity index (χ0v) is 16.9. The summed E-state index contributed by atoms with van der Waals surface area (Å²) in [6.07, 6.45) is 0.730. The zero-order chi connectivity index (χ0) is 20.1. The van der Waals surface area contributed by atoms with Gasteiger partial charge in [0.25, 0.3) is 0 Å². The van der Waals surface area contributed by atoms with Crippen molar-refractivity contribution in [2.24, 2.45) is 0 Å². The highest BCUT2D eigenvalue weighted by Crippen LogP contribution is 2.23. The molecule has 4 rings (SSSR count). The number of nitrogens with one attached hydrogen (secondary N) is 3. The van der Waals surface area contributed by atoms with Crippen LogP contribution in [0.1, 0.15) is 35.2 Å². The van der Waals surface area contributed by atoms with E-state index in [0.717, 1.165) is 44.8 Å². The normalized spacial score (nSPS) is 23.6. The molecule has 3 unspecified atom stereocenters. The number of amides is 1. The molecule has 2 heterocycles. The van der Waals surface area contributed by atoms with Gasteiger partial charge in [-0.25, -0.2) is 10.9 Å². The van der Waals surface area contributed by atoms with E-state index in [2.05, 4.69) is 64.4 Å². The van der Waals surface area contributed by atoms with Crippen molar-refractivity contribution >= 4 is 5.91 Å². The Balaban J connectivity index is 1.42. The second-order valence-corrected chi connectivity index (χ2v) is 7.93. The molecule has 3 atom stereocenters. The molecule has 0 radical (unpaired) electrons. The van der Waals surface area contributed by atoms with Crippen LogP contribution in [0.15, 0.2) is 54.6 Å². The predicted octanol–water partition coefficient (Wildman–Crippen LogP) is 2.09. The number of nitrogens with zero attached hydrogens (tertiary/aromatic N) is 1. The van der Waals surface area contributed by atoms with Crippen molar-refractivity contribution in [3.05, 3.63) is 71.3 Å². The maximum absolute atomic E-state index is 13.1. The number of benzene rings is 2. The zero-order valence-electron chi connectivity index (χ0n) is 16.9. The Morgan fingerprint density at radius 1 is 1.10 bits per heavy atom. The molecule has 0 aliphatic carbocycles. The summed E-state index contributed by atoms with van der Waals surface area (Å²) >= 11 is 0. The minimum absolute atomic E-state index is 0.0368. The van der Waals surface area contributed by atoms with E-state index in [4.69, 9.17) is 4.74 Å². The average molecular weight is 395 g/mol. The van der Waals surface area contributed by atoms with Crippen LogP contribution in [-0.2, 0) is 9.53 Å². The van der Waals surface area contributed by atoms with E-state index in [1.807, 2.05) is 18.2 Å². The molecule has 154 valence electrons. The first-order valence-corrected chi connectivity index (χ1v) is 10.4. The first-order chi connectivity index (χ1) is 14.2. The summed E-state index contributed by atoms with van der Waals surface area (Å²) < 4.78 is 5.47. The second-order valence-electron chi connectivity index (χ2n) is 7.93. The molecule has 6 heteroatoms. The molecule has 29 heavy (non-hydrogen) atoms. The Labute approximate surface area is 172 Å². The number of morpholine rings is 1. The van der Waals surface area contributed by atoms with E-state index in [1.165, 1.54) is 11.1 Å². The number of carbonyl (C=O) groups excluding carboxylic acids is 1. The van der Waals surface area contributed by atoms with Crippen molar-refractivity contribution in [1.82, 2.24) is 21.1 Å². The van der Waals surface area contributed by atoms with Gasteiger partial charge in [0.15, 0.2) is 0 Å². The molecule has 2 aromatic rings. The highest BCUT2D eigenvalue weighted by Gasteiger charge is 2.31. The van der Waals surface area contributed by atoms with Gasteiger partial charge in [-0.05, 0) is 24.5 Å². The number of carbonyl (C=O) groups is 1. The number of rotatable bonds is 6. The van der Waals surface area contributed by atoms with Crippen LogP contribution in [0.3, 0.4) is 0 Å². The minimum Gasteiger partial charge on any atom is -0.379 e. The van der Waals surface area contributed by atoms with E-state index < -0.39 is 0 Å². The van der Waals surface area contributed by atoms with Crippen LogP contribution in [0.25, 0.3) is 0 Å². The standard InChI is InChI=1S/C23H30N4O2/c1-17-7-9-19(10-8-17)22(16-27-11-13-29-14-12-27)24-23(28)21-15-20(25-26-21)18-5-3-2-4-6-18/h2-10,20-22,25-26H,11-16H2,1H3,(H,24,28). The minimum atomic E-state index is -0.252. The van der Waals surface area contributed by atoms with Gasteiger partial charge in [-0.15, -0.1) is 0 Å². The average Bonchev–Trinajstić information content (AvgIpc) is 3.26. The van der Waals surface area contributed by atoms with Gasteiger partial charge >= 0.3 is 0 Å². The van der Waals surface area contributed by atoms with Gasteiger partial charge < -0.3 is 10.1 Å². The van der Waals surface area contributed by atoms with Crippen molar-refractivity contribution in [3.8, 4) is 0 Å². The van der Waals surface area contributed by atoms with Gasteiger partial charge in [0, 0.05) is 25.7 Å². The molecule has 0 aromatic heterocycles. The maximum atomic E-state index is 13.1. The Hall–Kier alpha value is -2.25. The molecule has 2 aliphatic rings. The largest absolute Gasteiger partial charge is 0.379 e. The van der Waals surface area contributed by atoms with E-state index >= 15 is 0 Å². The summed E-state index contributed by atoms with van der Waals surface area (Å²) in [5.41, 5.74) is 10.00. The molecule has 2 aliphatic heterocycles. The SMILES string of the molecule is Cc1ccc(C(CN2CCOCC2)NC(=O)C2CC(c3ccccc3)NN2)cc1. The van der Waals surface area contributed by atoms with Crippen LogP contribution in [0, 0.1) is 6.92 Å². The van der Waals surface area contributed by atoms with Crippen molar-refractivity contribution in [2.75, 3.05) is 32.8 Å². The van der Waals surface area contributed by atoms with Gasteiger partial charge in [0.05, 0.1) is 19.3 Å². The van der Waals surface area contributed by atoms with E-state index in [9.17, 15) is 4.79 Å². The molecular formula is C23H30N4O2. The number of hydrogen-bond donors (Lipinski definition) is 3. The molecule has 2 fully saturated rings. The van der Waals surface area contributed by atoms with Crippen LogP contribution in [0.5, 0.6) is 0 Å². The quantitative estimate of drug-likeness (QED) is 0.700. The molecule has 3 N–H and O–H groups in total. The molecule has 2 saturated heterocycles. The van der Waals surface area contributed by atoms with Crippen LogP contribution in [-0.4, -0.2) is 49.7 Å². The van der Waals surface area contributed by atoms with Crippen LogP contribution in [0.4, 0.5) is 0 Å². The predicted molar refractivity (Wildman–Crippen MR) is 113 cm³/mol. The molecule has 1 amide bonds. The van der Waals surface area contributed by atoms with Gasteiger partial charge in [0.2, 0.25) is 5.91 Å². The molecular weight excluding hydrogens is 364 g/mol. The lowest BCUT2D eigenvalue weighted by Gasteiger charge is -2.31. The topological polar surface area (TPSA) is 65.6 Å². The smallest absolute Gasteiger partial charge is 0.239 e. The van der Waals surface area contributed by atoms with E-state index in [-0.39, 0.29) is 24.0 Å². The summed E-state index contributed by atoms with van der Waals surface area (Å²) in [6.45, 7) is 6.18. The van der Waals surface area contributed by atoms with Crippen molar-refractivity contribution in [3.63, 3.8) is 0 Å². The summed E-state index contributed by atoms with van der Waals surface area (Å²) in [7, 11) is 0. The summed E-state index contributed by atoms with van der Waals surface area (Å²) in [6, 6.07) is 18.5. The van der Waals surface area contributed by atoms with Gasteiger partial charge in [0.1, 0.15) is 6.04 Å². The summed E-state index contributed by atoms with van der Waals surface area (Å²) in [5.74, 6) is 0.0368. The molecule has 0 bridgehead atoms. The third-order valence-electron chi connectivity index (χ3n) is 5.76. The number of aryl methyl sites for hydroxylation is 1. The van der Waals surface area contributed by atoms with Gasteiger partial charge in [-0.3, -0.25) is 9.69 Å². The fourth-order valence-electron chi connectivity index (χ4n) is 3.98. The first-order valence-electron chi connectivity index (χ1n) is 10.4. The van der Waals surface area contributed by atoms with Crippen molar-refractivity contribution in [1.29, 1.82) is 0 Å². The van der Waals surface area contributed by atoms with Crippen molar-refractivity contribution in [2.45, 2.75) is 31.5 Å².